The summed E-state index contributed by atoms with van der Waals surface area (Å²) in [5.74, 6) is -0.973. The first-order chi connectivity index (χ1) is 8.61. The standard InChI is InChI=1S/C12H10N2O4/c1-18-12(15)11(14(16)17)7-9-6-8-4-2-3-5-10(8)13-9/h2-7,13H,1H3/b11-7-. The van der Waals surface area contributed by atoms with Crippen molar-refractivity contribution in [3.8, 4) is 0 Å². The fraction of sp³-hybridized carbons (Fsp3) is 0.0833. The number of carbonyl (C=O) groups excluding carboxylic acids is 1. The molecule has 6 nitrogen and oxygen atoms in total. The smallest absolute Gasteiger partial charge is 0.409 e. The molecule has 0 saturated heterocycles. The summed E-state index contributed by atoms with van der Waals surface area (Å²) in [5.41, 5.74) is 0.716. The fourth-order valence-electron chi connectivity index (χ4n) is 1.61. The van der Waals surface area contributed by atoms with Gasteiger partial charge >= 0.3 is 11.7 Å². The molecule has 1 heterocycles. The maximum absolute atomic E-state index is 11.2. The number of methoxy groups -OCH3 is 1. The SMILES string of the molecule is COC(=O)/C(=C/c1cc2ccccc2[nH]1)[N+](=O)[O-]. The van der Waals surface area contributed by atoms with Crippen LogP contribution in [-0.2, 0) is 9.53 Å². The summed E-state index contributed by atoms with van der Waals surface area (Å²) in [7, 11) is 1.10. The molecule has 0 fully saturated rings. The number of nitrogens with one attached hydrogen (secondary N) is 1. The number of aromatic nitrogens is 1. The van der Waals surface area contributed by atoms with E-state index in [-0.39, 0.29) is 0 Å². The van der Waals surface area contributed by atoms with Gasteiger partial charge in [0.1, 0.15) is 0 Å². The van der Waals surface area contributed by atoms with Gasteiger partial charge in [0.15, 0.2) is 0 Å². The van der Waals surface area contributed by atoms with Crippen molar-refractivity contribution in [2.75, 3.05) is 7.11 Å². The molecule has 0 aliphatic carbocycles. The van der Waals surface area contributed by atoms with Crippen LogP contribution in [0.25, 0.3) is 17.0 Å². The van der Waals surface area contributed by atoms with E-state index in [1.165, 1.54) is 0 Å². The minimum atomic E-state index is -0.973. The minimum absolute atomic E-state index is 0.480. The predicted octanol–water partition coefficient (Wildman–Crippen LogP) is 1.96. The number of fused-ring (bicyclic) bond motifs is 1. The highest BCUT2D eigenvalue weighted by atomic mass is 16.6. The molecule has 0 saturated carbocycles. The first-order valence-electron chi connectivity index (χ1n) is 5.14. The Morgan fingerprint density at radius 3 is 2.78 bits per heavy atom. The van der Waals surface area contributed by atoms with E-state index in [1.54, 1.807) is 6.07 Å². The van der Waals surface area contributed by atoms with Gasteiger partial charge in [-0.05, 0) is 17.5 Å². The molecule has 0 radical (unpaired) electrons. The number of carbonyl (C=O) groups is 1. The van der Waals surface area contributed by atoms with Gasteiger partial charge in [-0.1, -0.05) is 18.2 Å². The van der Waals surface area contributed by atoms with Crippen LogP contribution in [0, 0.1) is 10.1 Å². The molecule has 0 aliphatic heterocycles. The fourth-order valence-corrected chi connectivity index (χ4v) is 1.61. The van der Waals surface area contributed by atoms with Gasteiger partial charge in [0.05, 0.1) is 12.0 Å². The lowest BCUT2D eigenvalue weighted by atomic mass is 10.2. The van der Waals surface area contributed by atoms with Crippen LogP contribution in [0.15, 0.2) is 36.0 Å². The number of ether oxygens (including phenoxy) is 1. The van der Waals surface area contributed by atoms with Crippen molar-refractivity contribution in [1.82, 2.24) is 4.98 Å². The van der Waals surface area contributed by atoms with E-state index in [4.69, 9.17) is 0 Å². The molecule has 6 heteroatoms. The average Bonchev–Trinajstić information content (AvgIpc) is 2.77. The Balaban J connectivity index is 2.46. The summed E-state index contributed by atoms with van der Waals surface area (Å²) < 4.78 is 4.36. The number of benzene rings is 1. The largest absolute Gasteiger partial charge is 0.461 e. The number of rotatable bonds is 3. The molecule has 2 rings (SSSR count). The van der Waals surface area contributed by atoms with Crippen LogP contribution in [0.1, 0.15) is 5.69 Å². The van der Waals surface area contributed by atoms with Gasteiger partial charge in [0.25, 0.3) is 0 Å². The maximum Gasteiger partial charge on any atom is 0.409 e. The van der Waals surface area contributed by atoms with E-state index >= 15 is 0 Å². The Morgan fingerprint density at radius 1 is 1.44 bits per heavy atom. The summed E-state index contributed by atoms with van der Waals surface area (Å²) >= 11 is 0. The lowest BCUT2D eigenvalue weighted by Crippen LogP contribution is -2.12. The van der Waals surface area contributed by atoms with Gasteiger partial charge in [-0.2, -0.15) is 0 Å². The maximum atomic E-state index is 11.2. The molecule has 18 heavy (non-hydrogen) atoms. The number of para-hydroxylation sites is 1. The zero-order chi connectivity index (χ0) is 13.1. The Labute approximate surface area is 102 Å². The van der Waals surface area contributed by atoms with Crippen LogP contribution in [0.3, 0.4) is 0 Å². The van der Waals surface area contributed by atoms with E-state index in [0.717, 1.165) is 24.1 Å². The van der Waals surface area contributed by atoms with Crippen molar-refractivity contribution >= 4 is 22.9 Å². The Kier molecular flexibility index (Phi) is 3.09. The summed E-state index contributed by atoms with van der Waals surface area (Å²) in [6.07, 6.45) is 1.16. The number of H-pyrrole nitrogens is 1. The average molecular weight is 246 g/mol. The molecule has 92 valence electrons. The Hall–Kier alpha value is -2.63. The highest BCUT2D eigenvalue weighted by molar-refractivity contribution is 5.92. The lowest BCUT2D eigenvalue weighted by Gasteiger charge is -1.95. The van der Waals surface area contributed by atoms with Crippen LogP contribution in [0.2, 0.25) is 0 Å². The molecule has 1 aromatic carbocycles. The number of nitrogens with zero attached hydrogens (tertiary/aromatic N) is 1. The summed E-state index contributed by atoms with van der Waals surface area (Å²) in [5, 5.41) is 11.7. The summed E-state index contributed by atoms with van der Waals surface area (Å²) in [6.45, 7) is 0. The second kappa shape index (κ2) is 4.70. The van der Waals surface area contributed by atoms with Crippen molar-refractivity contribution in [2.24, 2.45) is 0 Å². The van der Waals surface area contributed by atoms with Crippen molar-refractivity contribution in [3.05, 3.63) is 51.8 Å². The first kappa shape index (κ1) is 11.8. The number of nitro groups is 1. The normalized spacial score (nSPS) is 11.5. The first-order valence-corrected chi connectivity index (χ1v) is 5.14. The predicted molar refractivity (Wildman–Crippen MR) is 65.3 cm³/mol. The van der Waals surface area contributed by atoms with E-state index < -0.39 is 16.6 Å². The van der Waals surface area contributed by atoms with Crippen LogP contribution in [0.5, 0.6) is 0 Å². The van der Waals surface area contributed by atoms with E-state index in [1.807, 2.05) is 24.3 Å². The Bertz CT molecular complexity index is 609. The van der Waals surface area contributed by atoms with Crippen LogP contribution >= 0.6 is 0 Å². The third-order valence-corrected chi connectivity index (χ3v) is 2.43. The lowest BCUT2D eigenvalue weighted by molar-refractivity contribution is -0.419. The highest BCUT2D eigenvalue weighted by Crippen LogP contribution is 2.17. The van der Waals surface area contributed by atoms with Crippen molar-refractivity contribution in [3.63, 3.8) is 0 Å². The topological polar surface area (TPSA) is 85.2 Å². The van der Waals surface area contributed by atoms with Crippen molar-refractivity contribution in [2.45, 2.75) is 0 Å². The van der Waals surface area contributed by atoms with E-state index in [9.17, 15) is 14.9 Å². The molecule has 1 N–H and O–H groups in total. The monoisotopic (exact) mass is 246 g/mol. The third kappa shape index (κ3) is 2.22. The van der Waals surface area contributed by atoms with Gasteiger partial charge in [0, 0.05) is 17.3 Å². The second-order valence-electron chi connectivity index (χ2n) is 3.59. The summed E-state index contributed by atoms with van der Waals surface area (Å²) in [6, 6.07) is 9.14. The number of aromatic amines is 1. The zero-order valence-corrected chi connectivity index (χ0v) is 9.54. The second-order valence-corrected chi connectivity index (χ2v) is 3.59. The molecular formula is C12H10N2O4. The minimum Gasteiger partial charge on any atom is -0.461 e. The molecule has 0 bridgehead atoms. The number of hydrogen-bond acceptors (Lipinski definition) is 4. The van der Waals surface area contributed by atoms with Crippen molar-refractivity contribution in [1.29, 1.82) is 0 Å². The number of hydrogen-bond donors (Lipinski definition) is 1. The van der Waals surface area contributed by atoms with Gasteiger partial charge in [-0.15, -0.1) is 0 Å². The molecule has 0 spiro atoms. The quantitative estimate of drug-likeness (QED) is 0.388. The molecule has 0 unspecified atom stereocenters. The molecular weight excluding hydrogens is 236 g/mol. The van der Waals surface area contributed by atoms with Crippen LogP contribution < -0.4 is 0 Å². The molecule has 1 aromatic heterocycles. The number of esters is 1. The van der Waals surface area contributed by atoms with E-state index in [2.05, 4.69) is 9.72 Å². The third-order valence-electron chi connectivity index (χ3n) is 2.43. The molecule has 0 atom stereocenters. The van der Waals surface area contributed by atoms with E-state index in [0.29, 0.717) is 5.69 Å². The van der Waals surface area contributed by atoms with Gasteiger partial charge < -0.3 is 9.72 Å². The van der Waals surface area contributed by atoms with Gasteiger partial charge in [-0.3, -0.25) is 10.1 Å². The van der Waals surface area contributed by atoms with Crippen molar-refractivity contribution < 1.29 is 14.5 Å². The highest BCUT2D eigenvalue weighted by Gasteiger charge is 2.22. The molecule has 0 amide bonds. The van der Waals surface area contributed by atoms with Gasteiger partial charge in [-0.25, -0.2) is 4.79 Å². The zero-order valence-electron chi connectivity index (χ0n) is 9.54. The summed E-state index contributed by atoms with van der Waals surface area (Å²) in [4.78, 5) is 24.2. The molecule has 0 aliphatic rings. The van der Waals surface area contributed by atoms with Crippen LogP contribution in [0.4, 0.5) is 0 Å². The Morgan fingerprint density at radius 2 is 2.17 bits per heavy atom. The van der Waals surface area contributed by atoms with Crippen LogP contribution in [-0.4, -0.2) is 23.0 Å². The van der Waals surface area contributed by atoms with Gasteiger partial charge in [0.2, 0.25) is 0 Å². The molecule has 2 aromatic rings.